The van der Waals surface area contributed by atoms with E-state index >= 15 is 0 Å². The Morgan fingerprint density at radius 3 is 2.76 bits per heavy atom. The number of fused-ring (bicyclic) bond motifs is 1. The first-order valence-corrected chi connectivity index (χ1v) is 11.5. The Kier molecular flexibility index (Phi) is 4.97. The molecule has 1 fully saturated rings. The van der Waals surface area contributed by atoms with Gasteiger partial charge in [-0.05, 0) is 51.8 Å². The number of nitrogens with zero attached hydrogens (tertiary/aromatic N) is 3. The van der Waals surface area contributed by atoms with Crippen LogP contribution in [0.5, 0.6) is 0 Å². The van der Waals surface area contributed by atoms with Crippen molar-refractivity contribution in [3.63, 3.8) is 0 Å². The van der Waals surface area contributed by atoms with E-state index in [4.69, 9.17) is 4.98 Å². The van der Waals surface area contributed by atoms with Gasteiger partial charge in [-0.3, -0.25) is 4.79 Å². The lowest BCUT2D eigenvalue weighted by Crippen LogP contribution is -2.40. The van der Waals surface area contributed by atoms with Crippen LogP contribution in [-0.2, 0) is 0 Å². The lowest BCUT2D eigenvalue weighted by Gasteiger charge is -2.19. The highest BCUT2D eigenvalue weighted by atomic mass is 32.1. The zero-order valence-corrected chi connectivity index (χ0v) is 19.5. The third kappa shape index (κ3) is 4.47. The first-order chi connectivity index (χ1) is 15.7. The SMILES string of the molecule is C=c1[nH]c(=O)[nH]/c1=C\c1cnn2c(NC3CC3)cc(-c3ccc(C(=O)NC(C)(C)C)s3)nc12. The molecular formula is C23H25N7O2S. The van der Waals surface area contributed by atoms with E-state index in [2.05, 4.69) is 32.3 Å². The predicted molar refractivity (Wildman–Crippen MR) is 130 cm³/mol. The number of H-pyrrole nitrogens is 2. The molecule has 0 spiro atoms. The first-order valence-electron chi connectivity index (χ1n) is 10.7. The summed E-state index contributed by atoms with van der Waals surface area (Å²) in [5, 5.41) is 12.1. The zero-order valence-electron chi connectivity index (χ0n) is 18.7. The molecule has 1 saturated carbocycles. The summed E-state index contributed by atoms with van der Waals surface area (Å²) >= 11 is 1.40. The molecule has 9 nitrogen and oxygen atoms in total. The number of thiophene rings is 1. The summed E-state index contributed by atoms with van der Waals surface area (Å²) in [6.45, 7) is 9.73. The van der Waals surface area contributed by atoms with Gasteiger partial charge in [-0.2, -0.15) is 9.61 Å². The van der Waals surface area contributed by atoms with Crippen molar-refractivity contribution < 1.29 is 4.79 Å². The number of anilines is 1. The molecule has 4 aromatic rings. The average molecular weight is 464 g/mol. The fraction of sp³-hybridized carbons (Fsp3) is 0.304. The molecule has 0 bridgehead atoms. The molecule has 0 aliphatic heterocycles. The van der Waals surface area contributed by atoms with Crippen LogP contribution >= 0.6 is 11.3 Å². The normalized spacial score (nSPS) is 14.7. The van der Waals surface area contributed by atoms with Crippen molar-refractivity contribution in [3.05, 3.63) is 56.0 Å². The Morgan fingerprint density at radius 1 is 1.30 bits per heavy atom. The molecule has 0 unspecified atom stereocenters. The van der Waals surface area contributed by atoms with Crippen LogP contribution in [0.1, 0.15) is 48.8 Å². The molecule has 0 radical (unpaired) electrons. The summed E-state index contributed by atoms with van der Waals surface area (Å²) in [6, 6.07) is 6.12. The quantitative estimate of drug-likeness (QED) is 0.360. The molecule has 0 aromatic carbocycles. The number of hydrogen-bond acceptors (Lipinski definition) is 6. The van der Waals surface area contributed by atoms with Gasteiger partial charge < -0.3 is 20.6 Å². The molecule has 4 N–H and O–H groups in total. The number of carbonyl (C=O) groups excluding carboxylic acids is 1. The fourth-order valence-corrected chi connectivity index (χ4v) is 4.32. The highest BCUT2D eigenvalue weighted by molar-refractivity contribution is 7.17. The van der Waals surface area contributed by atoms with Crippen molar-refractivity contribution in [2.75, 3.05) is 5.32 Å². The van der Waals surface area contributed by atoms with Gasteiger partial charge >= 0.3 is 5.69 Å². The van der Waals surface area contributed by atoms with Crippen molar-refractivity contribution >= 4 is 41.4 Å². The van der Waals surface area contributed by atoms with E-state index in [1.807, 2.05) is 39.0 Å². The summed E-state index contributed by atoms with van der Waals surface area (Å²) in [7, 11) is 0. The van der Waals surface area contributed by atoms with E-state index in [0.717, 1.165) is 34.8 Å². The van der Waals surface area contributed by atoms with Crippen LogP contribution in [0.25, 0.3) is 28.9 Å². The van der Waals surface area contributed by atoms with Crippen LogP contribution in [0.4, 0.5) is 5.82 Å². The van der Waals surface area contributed by atoms with E-state index in [-0.39, 0.29) is 17.1 Å². The molecule has 1 aliphatic carbocycles. The number of nitrogens with one attached hydrogen (secondary N) is 4. The number of carbonyl (C=O) groups is 1. The topological polar surface area (TPSA) is 120 Å². The molecular weight excluding hydrogens is 438 g/mol. The second kappa shape index (κ2) is 7.73. The number of hydrogen-bond donors (Lipinski definition) is 4. The second-order valence-corrected chi connectivity index (χ2v) is 10.3. The average Bonchev–Trinajstić information content (AvgIpc) is 3.11. The van der Waals surface area contributed by atoms with Crippen molar-refractivity contribution in [2.45, 2.75) is 45.2 Å². The predicted octanol–water partition coefficient (Wildman–Crippen LogP) is 1.82. The number of rotatable bonds is 5. The summed E-state index contributed by atoms with van der Waals surface area (Å²) in [5.74, 6) is 0.734. The lowest BCUT2D eigenvalue weighted by atomic mass is 10.1. The van der Waals surface area contributed by atoms with E-state index in [1.165, 1.54) is 11.3 Å². The van der Waals surface area contributed by atoms with E-state index in [9.17, 15) is 9.59 Å². The summed E-state index contributed by atoms with van der Waals surface area (Å²) < 4.78 is 1.77. The van der Waals surface area contributed by atoms with Gasteiger partial charge in [0.15, 0.2) is 5.65 Å². The Hall–Kier alpha value is -3.66. The van der Waals surface area contributed by atoms with Crippen LogP contribution in [0.3, 0.4) is 0 Å². The third-order valence-electron chi connectivity index (χ3n) is 5.14. The molecule has 4 aromatic heterocycles. The molecule has 33 heavy (non-hydrogen) atoms. The standard InChI is InChI=1S/C23H25N7O2S/c1-12-15(28-22(32)25-12)9-13-11-24-30-19(26-14-5-6-14)10-16(27-20(13)30)17-7-8-18(33-17)21(31)29-23(2,3)4/h7-11,14,26H,1,5-6H2,2-4H3,(H,29,31)(H2,25,28,32)/b15-9-. The lowest BCUT2D eigenvalue weighted by molar-refractivity contribution is 0.0923. The van der Waals surface area contributed by atoms with Crippen LogP contribution in [0.2, 0.25) is 0 Å². The number of imidazole rings is 1. The van der Waals surface area contributed by atoms with Crippen LogP contribution < -0.4 is 27.0 Å². The highest BCUT2D eigenvalue weighted by Gasteiger charge is 2.24. The largest absolute Gasteiger partial charge is 0.367 e. The van der Waals surface area contributed by atoms with Crippen molar-refractivity contribution in [3.8, 4) is 10.6 Å². The number of amides is 1. The van der Waals surface area contributed by atoms with Crippen LogP contribution in [-0.4, -0.2) is 42.1 Å². The molecule has 170 valence electrons. The third-order valence-corrected chi connectivity index (χ3v) is 6.24. The van der Waals surface area contributed by atoms with E-state index in [1.54, 1.807) is 16.8 Å². The van der Waals surface area contributed by atoms with E-state index in [0.29, 0.717) is 27.3 Å². The van der Waals surface area contributed by atoms with Gasteiger partial charge in [-0.1, -0.05) is 6.58 Å². The van der Waals surface area contributed by atoms with Gasteiger partial charge in [0.1, 0.15) is 5.82 Å². The second-order valence-electron chi connectivity index (χ2n) is 9.26. The smallest absolute Gasteiger partial charge is 0.323 e. The van der Waals surface area contributed by atoms with Gasteiger partial charge in [0.2, 0.25) is 0 Å². The molecule has 10 heteroatoms. The van der Waals surface area contributed by atoms with Crippen LogP contribution in [0, 0.1) is 0 Å². The first kappa shape index (κ1) is 21.2. The molecule has 4 heterocycles. The molecule has 0 saturated heterocycles. The minimum absolute atomic E-state index is 0.103. The Bertz CT molecular complexity index is 1530. The minimum atomic E-state index is -0.313. The highest BCUT2D eigenvalue weighted by Crippen LogP contribution is 2.32. The monoisotopic (exact) mass is 463 g/mol. The summed E-state index contributed by atoms with van der Waals surface area (Å²) in [5.41, 5.74) is 1.52. The zero-order chi connectivity index (χ0) is 23.3. The summed E-state index contributed by atoms with van der Waals surface area (Å²) in [6.07, 6.45) is 5.75. The molecule has 0 atom stereocenters. The molecule has 1 aliphatic rings. The maximum Gasteiger partial charge on any atom is 0.323 e. The Labute approximate surface area is 193 Å². The Balaban J connectivity index is 1.60. The minimum Gasteiger partial charge on any atom is -0.367 e. The molecule has 1 amide bonds. The summed E-state index contributed by atoms with van der Waals surface area (Å²) in [4.78, 5) is 36.0. The van der Waals surface area contributed by atoms with Gasteiger partial charge in [-0.15, -0.1) is 11.3 Å². The maximum absolute atomic E-state index is 12.6. The van der Waals surface area contributed by atoms with E-state index < -0.39 is 0 Å². The van der Waals surface area contributed by atoms with Crippen molar-refractivity contribution in [1.29, 1.82) is 0 Å². The van der Waals surface area contributed by atoms with Crippen LogP contribution in [0.15, 0.2) is 29.2 Å². The molecule has 5 rings (SSSR count). The van der Waals surface area contributed by atoms with Gasteiger partial charge in [0.25, 0.3) is 5.91 Å². The van der Waals surface area contributed by atoms with Gasteiger partial charge in [-0.25, -0.2) is 9.78 Å². The van der Waals surface area contributed by atoms with Gasteiger partial charge in [0, 0.05) is 23.2 Å². The van der Waals surface area contributed by atoms with Gasteiger partial charge in [0.05, 0.1) is 32.3 Å². The number of aromatic nitrogens is 5. The van der Waals surface area contributed by atoms with Crippen molar-refractivity contribution in [1.82, 2.24) is 29.9 Å². The fourth-order valence-electron chi connectivity index (χ4n) is 3.46. The maximum atomic E-state index is 12.6. The Morgan fingerprint density at radius 2 is 2.09 bits per heavy atom. The number of aromatic amines is 2. The van der Waals surface area contributed by atoms with Crippen molar-refractivity contribution in [2.24, 2.45) is 0 Å².